The lowest BCUT2D eigenvalue weighted by atomic mass is 9.86. The predicted molar refractivity (Wildman–Crippen MR) is 94.9 cm³/mol. The summed E-state index contributed by atoms with van der Waals surface area (Å²) in [7, 11) is 0. The SMILES string of the molecule is Cc1cccc(C)c1SC1=C(O)CC(c2ccccc2)CC1=O. The van der Waals surface area contributed by atoms with Gasteiger partial charge in [0.15, 0.2) is 5.78 Å². The number of Topliss-reactive ketones (excluding diaryl/α,β-unsaturated/α-hetero) is 1. The second kappa shape index (κ2) is 6.63. The smallest absolute Gasteiger partial charge is 0.173 e. The van der Waals surface area contributed by atoms with Gasteiger partial charge in [0.05, 0.1) is 4.91 Å². The van der Waals surface area contributed by atoms with Gasteiger partial charge < -0.3 is 5.11 Å². The van der Waals surface area contributed by atoms with Crippen LogP contribution in [-0.4, -0.2) is 10.9 Å². The minimum absolute atomic E-state index is 0.0373. The average Bonchev–Trinajstić information content (AvgIpc) is 2.54. The van der Waals surface area contributed by atoms with Gasteiger partial charge in [0.2, 0.25) is 0 Å². The summed E-state index contributed by atoms with van der Waals surface area (Å²) in [6.45, 7) is 4.07. The zero-order valence-electron chi connectivity index (χ0n) is 13.4. The molecule has 2 aromatic carbocycles. The minimum Gasteiger partial charge on any atom is -0.511 e. The van der Waals surface area contributed by atoms with Crippen molar-refractivity contribution in [2.45, 2.75) is 37.5 Å². The number of thioether (sulfide) groups is 1. The first-order valence-corrected chi connectivity index (χ1v) is 8.62. The standard InChI is InChI=1S/C20H20O2S/c1-13-7-6-8-14(2)19(13)23-20-17(21)11-16(12-18(20)22)15-9-4-3-5-10-15/h3-10,16,21H,11-12H2,1-2H3. The summed E-state index contributed by atoms with van der Waals surface area (Å²) in [6, 6.07) is 16.0. The van der Waals surface area contributed by atoms with Crippen molar-refractivity contribution >= 4 is 17.5 Å². The fourth-order valence-electron chi connectivity index (χ4n) is 3.01. The molecule has 2 aromatic rings. The van der Waals surface area contributed by atoms with E-state index in [1.54, 1.807) is 0 Å². The van der Waals surface area contributed by atoms with Crippen LogP contribution in [-0.2, 0) is 4.79 Å². The summed E-state index contributed by atoms with van der Waals surface area (Å²) in [5, 5.41) is 10.5. The molecular weight excluding hydrogens is 304 g/mol. The summed E-state index contributed by atoms with van der Waals surface area (Å²) in [5.41, 5.74) is 3.38. The Balaban J connectivity index is 1.87. The van der Waals surface area contributed by atoms with E-state index >= 15 is 0 Å². The molecule has 0 amide bonds. The monoisotopic (exact) mass is 324 g/mol. The third-order valence-electron chi connectivity index (χ3n) is 4.27. The molecule has 0 saturated carbocycles. The molecule has 0 spiro atoms. The Labute approximate surface area is 141 Å². The van der Waals surface area contributed by atoms with Crippen LogP contribution in [0.25, 0.3) is 0 Å². The van der Waals surface area contributed by atoms with Crippen LogP contribution in [0.3, 0.4) is 0 Å². The number of hydrogen-bond donors (Lipinski definition) is 1. The van der Waals surface area contributed by atoms with Gasteiger partial charge in [0.1, 0.15) is 5.76 Å². The number of allylic oxidation sites excluding steroid dienone is 2. The Bertz CT molecular complexity index is 742. The Morgan fingerprint density at radius 3 is 2.22 bits per heavy atom. The van der Waals surface area contributed by atoms with Gasteiger partial charge >= 0.3 is 0 Å². The molecule has 3 heteroatoms. The van der Waals surface area contributed by atoms with Crippen molar-refractivity contribution in [1.29, 1.82) is 0 Å². The van der Waals surface area contributed by atoms with E-state index in [4.69, 9.17) is 0 Å². The fraction of sp³-hybridized carbons (Fsp3) is 0.250. The highest BCUT2D eigenvalue weighted by atomic mass is 32.2. The highest BCUT2D eigenvalue weighted by Gasteiger charge is 2.29. The first-order chi connectivity index (χ1) is 11.1. The third-order valence-corrected chi connectivity index (χ3v) is 5.79. The Hall–Kier alpha value is -2.00. The summed E-state index contributed by atoms with van der Waals surface area (Å²) in [5.74, 6) is 0.337. The second-order valence-electron chi connectivity index (χ2n) is 6.04. The van der Waals surface area contributed by atoms with Crippen LogP contribution in [0.1, 0.15) is 35.4 Å². The normalized spacial score (nSPS) is 18.3. The van der Waals surface area contributed by atoms with Gasteiger partial charge in [-0.3, -0.25) is 4.79 Å². The van der Waals surface area contributed by atoms with E-state index in [9.17, 15) is 9.90 Å². The summed E-state index contributed by atoms with van der Waals surface area (Å²) < 4.78 is 0. The quantitative estimate of drug-likeness (QED) is 0.831. The topological polar surface area (TPSA) is 37.3 Å². The summed E-state index contributed by atoms with van der Waals surface area (Å²) >= 11 is 1.41. The van der Waals surface area contributed by atoms with Gasteiger partial charge in [-0.25, -0.2) is 0 Å². The number of aliphatic hydroxyl groups is 1. The Kier molecular flexibility index (Phi) is 4.58. The lowest BCUT2D eigenvalue weighted by molar-refractivity contribution is -0.115. The molecule has 0 fully saturated rings. The number of hydrogen-bond acceptors (Lipinski definition) is 3. The van der Waals surface area contributed by atoms with Gasteiger partial charge in [-0.15, -0.1) is 0 Å². The van der Waals surface area contributed by atoms with Crippen molar-refractivity contribution in [3.05, 3.63) is 75.9 Å². The lowest BCUT2D eigenvalue weighted by Gasteiger charge is -2.24. The zero-order valence-corrected chi connectivity index (χ0v) is 14.2. The molecule has 23 heavy (non-hydrogen) atoms. The van der Waals surface area contributed by atoms with E-state index < -0.39 is 0 Å². The van der Waals surface area contributed by atoms with Crippen LogP contribution >= 0.6 is 11.8 Å². The first-order valence-electron chi connectivity index (χ1n) is 7.80. The number of aryl methyl sites for hydroxylation is 2. The van der Waals surface area contributed by atoms with Crippen molar-refractivity contribution in [2.75, 3.05) is 0 Å². The molecule has 118 valence electrons. The maximum absolute atomic E-state index is 12.6. The average molecular weight is 324 g/mol. The van der Waals surface area contributed by atoms with Crippen molar-refractivity contribution < 1.29 is 9.90 Å². The number of benzene rings is 2. The molecule has 3 rings (SSSR count). The molecule has 0 bridgehead atoms. The number of carbonyl (C=O) groups is 1. The van der Waals surface area contributed by atoms with Crippen LogP contribution in [0, 0.1) is 13.8 Å². The van der Waals surface area contributed by atoms with Crippen molar-refractivity contribution in [3.63, 3.8) is 0 Å². The molecule has 0 aromatic heterocycles. The van der Waals surface area contributed by atoms with Gasteiger partial charge in [-0.2, -0.15) is 0 Å². The molecule has 0 aliphatic heterocycles. The van der Waals surface area contributed by atoms with Crippen molar-refractivity contribution in [2.24, 2.45) is 0 Å². The minimum atomic E-state index is 0.0373. The Morgan fingerprint density at radius 2 is 1.61 bits per heavy atom. The summed E-state index contributed by atoms with van der Waals surface area (Å²) in [6.07, 6.45) is 0.990. The molecule has 0 saturated heterocycles. The zero-order chi connectivity index (χ0) is 16.4. The molecule has 0 radical (unpaired) electrons. The van der Waals surface area contributed by atoms with Crippen molar-refractivity contribution in [3.8, 4) is 0 Å². The van der Waals surface area contributed by atoms with Crippen LogP contribution in [0.5, 0.6) is 0 Å². The third kappa shape index (κ3) is 3.35. The van der Waals surface area contributed by atoms with Gasteiger partial charge in [0, 0.05) is 17.7 Å². The van der Waals surface area contributed by atoms with E-state index in [1.807, 2.05) is 62.4 Å². The molecule has 2 nitrogen and oxygen atoms in total. The highest BCUT2D eigenvalue weighted by Crippen LogP contribution is 2.41. The largest absolute Gasteiger partial charge is 0.511 e. The highest BCUT2D eigenvalue weighted by molar-refractivity contribution is 8.04. The number of rotatable bonds is 3. The Morgan fingerprint density at radius 1 is 0.957 bits per heavy atom. The molecule has 1 aliphatic carbocycles. The summed E-state index contributed by atoms with van der Waals surface area (Å²) in [4.78, 5) is 14.2. The van der Waals surface area contributed by atoms with Crippen molar-refractivity contribution in [1.82, 2.24) is 0 Å². The van der Waals surface area contributed by atoms with Crippen LogP contribution in [0.2, 0.25) is 0 Å². The molecular formula is C20H20O2S. The van der Waals surface area contributed by atoms with E-state index in [2.05, 4.69) is 0 Å². The van der Waals surface area contributed by atoms with Crippen LogP contribution in [0.15, 0.2) is 64.1 Å². The molecule has 1 aliphatic rings. The number of carbonyl (C=O) groups excluding carboxylic acids is 1. The van der Waals surface area contributed by atoms with Gasteiger partial charge in [-0.05, 0) is 36.5 Å². The fourth-order valence-corrected chi connectivity index (χ4v) is 4.08. The maximum Gasteiger partial charge on any atom is 0.173 e. The van der Waals surface area contributed by atoms with E-state index in [0.717, 1.165) is 21.6 Å². The molecule has 1 unspecified atom stereocenters. The maximum atomic E-state index is 12.6. The van der Waals surface area contributed by atoms with Crippen LogP contribution in [0.4, 0.5) is 0 Å². The lowest BCUT2D eigenvalue weighted by Crippen LogP contribution is -2.17. The first kappa shape index (κ1) is 15.9. The molecule has 0 heterocycles. The predicted octanol–water partition coefficient (Wildman–Crippen LogP) is 5.31. The van der Waals surface area contributed by atoms with E-state index in [1.165, 1.54) is 11.8 Å². The number of aliphatic hydroxyl groups excluding tert-OH is 1. The number of ketones is 1. The second-order valence-corrected chi connectivity index (χ2v) is 7.06. The van der Waals surface area contributed by atoms with Gasteiger partial charge in [-0.1, -0.05) is 60.3 Å². The van der Waals surface area contributed by atoms with Gasteiger partial charge in [0.25, 0.3) is 0 Å². The molecule has 1 N–H and O–H groups in total. The molecule has 1 atom stereocenters. The van der Waals surface area contributed by atoms with E-state index in [-0.39, 0.29) is 17.5 Å². The van der Waals surface area contributed by atoms with Crippen LogP contribution < -0.4 is 0 Å². The van der Waals surface area contributed by atoms with E-state index in [0.29, 0.717) is 17.7 Å².